The number of amides is 2. The summed E-state index contributed by atoms with van der Waals surface area (Å²) in [5.74, 6) is 0.253. The lowest BCUT2D eigenvalue weighted by atomic mass is 10.2. The number of hydrogen-bond donors (Lipinski definition) is 3. The predicted molar refractivity (Wildman–Crippen MR) is 137 cm³/mol. The van der Waals surface area contributed by atoms with E-state index in [0.29, 0.717) is 28.3 Å². The smallest absolute Gasteiger partial charge is 0.291 e. The Morgan fingerprint density at radius 2 is 1.50 bits per heavy atom. The summed E-state index contributed by atoms with van der Waals surface area (Å²) in [6.45, 7) is 3.87. The highest BCUT2D eigenvalue weighted by atomic mass is 32.1. The van der Waals surface area contributed by atoms with E-state index in [9.17, 15) is 9.59 Å². The zero-order valence-corrected chi connectivity index (χ0v) is 19.4. The van der Waals surface area contributed by atoms with Crippen LogP contribution < -0.4 is 20.7 Å². The first-order valence-electron chi connectivity index (χ1n) is 10.7. The zero-order valence-electron chi connectivity index (χ0n) is 18.6. The highest BCUT2D eigenvalue weighted by molar-refractivity contribution is 7.80. The Balaban J connectivity index is 1.30. The molecule has 0 spiro atoms. The number of benzene rings is 3. The molecule has 0 atom stereocenters. The van der Waals surface area contributed by atoms with Crippen LogP contribution in [0.3, 0.4) is 0 Å². The number of para-hydroxylation sites is 1. The summed E-state index contributed by atoms with van der Waals surface area (Å²) in [6, 6.07) is 22.9. The highest BCUT2D eigenvalue weighted by Crippen LogP contribution is 2.21. The number of hydrogen-bond acceptors (Lipinski definition) is 5. The van der Waals surface area contributed by atoms with Crippen molar-refractivity contribution in [2.45, 2.75) is 20.0 Å². The number of nitrogens with one attached hydrogen (secondary N) is 3. The largest absolute Gasteiger partial charge is 0.491 e. The first-order valence-corrected chi connectivity index (χ1v) is 11.1. The minimum atomic E-state index is -0.343. The van der Waals surface area contributed by atoms with Gasteiger partial charge in [0.1, 0.15) is 11.3 Å². The molecule has 4 aromatic rings. The van der Waals surface area contributed by atoms with Gasteiger partial charge >= 0.3 is 0 Å². The third-order valence-corrected chi connectivity index (χ3v) is 4.97. The number of carbonyl (C=O) groups excluding carboxylic acids is 2. The first kappa shape index (κ1) is 23.0. The molecule has 0 aliphatic heterocycles. The Bertz CT molecular complexity index is 1300. The van der Waals surface area contributed by atoms with Gasteiger partial charge in [0.25, 0.3) is 11.8 Å². The lowest BCUT2D eigenvalue weighted by Gasteiger charge is -2.12. The molecule has 0 saturated heterocycles. The fraction of sp³-hybridized carbons (Fsp3) is 0.115. The molecule has 1 heterocycles. The van der Waals surface area contributed by atoms with Crippen molar-refractivity contribution >= 4 is 51.5 Å². The summed E-state index contributed by atoms with van der Waals surface area (Å²) in [6.07, 6.45) is 0.0569. The highest BCUT2D eigenvalue weighted by Gasteiger charge is 2.13. The van der Waals surface area contributed by atoms with Crippen LogP contribution in [0.5, 0.6) is 5.75 Å². The summed E-state index contributed by atoms with van der Waals surface area (Å²) < 4.78 is 11.2. The number of thiocarbonyl (C=S) groups is 1. The molecule has 0 saturated carbocycles. The van der Waals surface area contributed by atoms with Crippen LogP contribution in [0.1, 0.15) is 34.8 Å². The summed E-state index contributed by atoms with van der Waals surface area (Å²) in [7, 11) is 0. The minimum absolute atomic E-state index is 0.0569. The fourth-order valence-corrected chi connectivity index (χ4v) is 3.43. The van der Waals surface area contributed by atoms with Gasteiger partial charge in [-0.25, -0.2) is 0 Å². The Labute approximate surface area is 202 Å². The van der Waals surface area contributed by atoms with E-state index in [0.717, 1.165) is 5.39 Å². The average Bonchev–Trinajstić information content (AvgIpc) is 3.25. The van der Waals surface area contributed by atoms with E-state index in [-0.39, 0.29) is 28.8 Å². The Morgan fingerprint density at radius 1 is 0.853 bits per heavy atom. The molecular formula is C26H23N3O4S. The van der Waals surface area contributed by atoms with E-state index in [2.05, 4.69) is 16.0 Å². The SMILES string of the molecule is CC(C)Oc1ccc(C(=O)NC(=S)Nc2ccc(NC(=O)c3cc4ccccc4o3)cc2)cc1. The lowest BCUT2D eigenvalue weighted by Crippen LogP contribution is -2.34. The number of fused-ring (bicyclic) bond motifs is 1. The van der Waals surface area contributed by atoms with Crippen LogP contribution in [-0.4, -0.2) is 23.0 Å². The molecule has 8 heteroatoms. The number of furan rings is 1. The summed E-state index contributed by atoms with van der Waals surface area (Å²) in [4.78, 5) is 24.9. The lowest BCUT2D eigenvalue weighted by molar-refractivity contribution is 0.0975. The van der Waals surface area contributed by atoms with E-state index >= 15 is 0 Å². The molecule has 3 N–H and O–H groups in total. The molecule has 0 unspecified atom stereocenters. The van der Waals surface area contributed by atoms with Crippen LogP contribution in [0, 0.1) is 0 Å². The van der Waals surface area contributed by atoms with Crippen LogP contribution >= 0.6 is 12.2 Å². The quantitative estimate of drug-likeness (QED) is 0.316. The second-order valence-corrected chi connectivity index (χ2v) is 8.19. The van der Waals surface area contributed by atoms with E-state index < -0.39 is 0 Å². The van der Waals surface area contributed by atoms with Gasteiger partial charge in [-0.3, -0.25) is 14.9 Å². The Hall–Kier alpha value is -4.17. The zero-order chi connectivity index (χ0) is 24.1. The third kappa shape index (κ3) is 5.79. The molecule has 2 amide bonds. The maximum absolute atomic E-state index is 12.5. The van der Waals surface area contributed by atoms with Crippen molar-refractivity contribution < 1.29 is 18.7 Å². The molecule has 172 valence electrons. The van der Waals surface area contributed by atoms with Gasteiger partial charge in [0, 0.05) is 22.3 Å². The number of carbonyl (C=O) groups is 2. The summed E-state index contributed by atoms with van der Waals surface area (Å²) >= 11 is 5.24. The number of ether oxygens (including phenoxy) is 1. The Kier molecular flexibility index (Phi) is 6.89. The second kappa shape index (κ2) is 10.2. The van der Waals surface area contributed by atoms with Gasteiger partial charge in [-0.1, -0.05) is 18.2 Å². The molecule has 3 aromatic carbocycles. The molecule has 0 fully saturated rings. The van der Waals surface area contributed by atoms with Crippen molar-refractivity contribution in [3.8, 4) is 5.75 Å². The van der Waals surface area contributed by atoms with Crippen molar-refractivity contribution in [1.82, 2.24) is 5.32 Å². The topological polar surface area (TPSA) is 92.6 Å². The molecule has 34 heavy (non-hydrogen) atoms. The van der Waals surface area contributed by atoms with Gasteiger partial charge in [0.2, 0.25) is 0 Å². The van der Waals surface area contributed by atoms with Crippen molar-refractivity contribution in [3.05, 3.63) is 90.2 Å². The average molecular weight is 474 g/mol. The third-order valence-electron chi connectivity index (χ3n) is 4.77. The minimum Gasteiger partial charge on any atom is -0.491 e. The van der Waals surface area contributed by atoms with E-state index in [1.165, 1.54) is 0 Å². The molecule has 4 rings (SSSR count). The summed E-state index contributed by atoms with van der Waals surface area (Å²) in [5.41, 5.74) is 2.37. The monoisotopic (exact) mass is 473 g/mol. The molecule has 0 bridgehead atoms. The van der Waals surface area contributed by atoms with Crippen molar-refractivity contribution in [3.63, 3.8) is 0 Å². The van der Waals surface area contributed by atoms with Crippen LogP contribution in [0.25, 0.3) is 11.0 Å². The normalized spacial score (nSPS) is 10.7. The molecule has 0 aliphatic rings. The maximum Gasteiger partial charge on any atom is 0.291 e. The molecule has 0 radical (unpaired) electrons. The maximum atomic E-state index is 12.5. The van der Waals surface area contributed by atoms with Gasteiger partial charge < -0.3 is 19.8 Å². The Morgan fingerprint density at radius 3 is 2.15 bits per heavy atom. The van der Waals surface area contributed by atoms with E-state index in [1.807, 2.05) is 38.1 Å². The molecule has 0 aliphatic carbocycles. The number of anilines is 2. The molecule has 1 aromatic heterocycles. The van der Waals surface area contributed by atoms with Gasteiger partial charge in [0.05, 0.1) is 6.10 Å². The molecular weight excluding hydrogens is 450 g/mol. The van der Waals surface area contributed by atoms with Crippen LogP contribution in [0.15, 0.2) is 83.3 Å². The predicted octanol–water partition coefficient (Wildman–Crippen LogP) is 5.60. The second-order valence-electron chi connectivity index (χ2n) is 7.78. The first-order chi connectivity index (χ1) is 16.4. The van der Waals surface area contributed by atoms with E-state index in [1.54, 1.807) is 54.6 Å². The van der Waals surface area contributed by atoms with Gasteiger partial charge in [-0.05, 0) is 86.7 Å². The van der Waals surface area contributed by atoms with Crippen LogP contribution in [0.2, 0.25) is 0 Å². The van der Waals surface area contributed by atoms with Crippen molar-refractivity contribution in [2.24, 2.45) is 0 Å². The van der Waals surface area contributed by atoms with Crippen molar-refractivity contribution in [1.29, 1.82) is 0 Å². The van der Waals surface area contributed by atoms with Crippen LogP contribution in [0.4, 0.5) is 11.4 Å². The van der Waals surface area contributed by atoms with Crippen molar-refractivity contribution in [2.75, 3.05) is 10.6 Å². The summed E-state index contributed by atoms with van der Waals surface area (Å²) in [5, 5.41) is 9.42. The van der Waals surface area contributed by atoms with Gasteiger partial charge in [-0.2, -0.15) is 0 Å². The van der Waals surface area contributed by atoms with Crippen LogP contribution in [-0.2, 0) is 0 Å². The molecule has 7 nitrogen and oxygen atoms in total. The van der Waals surface area contributed by atoms with Gasteiger partial charge in [-0.15, -0.1) is 0 Å². The standard InChI is InChI=1S/C26H23N3O4S/c1-16(2)32-21-13-7-17(8-14-21)24(30)29-26(34)28-20-11-9-19(10-12-20)27-25(31)23-15-18-5-3-4-6-22(18)33-23/h3-16H,1-2H3,(H,27,31)(H2,28,29,30,34). The fourth-order valence-electron chi connectivity index (χ4n) is 3.22. The van der Waals surface area contributed by atoms with Gasteiger partial charge in [0.15, 0.2) is 10.9 Å². The number of rotatable bonds is 6. The van der Waals surface area contributed by atoms with E-state index in [4.69, 9.17) is 21.4 Å².